The molecule has 2 aliphatic rings. The van der Waals surface area contributed by atoms with Gasteiger partial charge in [0, 0.05) is 73.5 Å². The molecule has 0 atom stereocenters. The molecule has 330 valence electrons. The zero-order valence-electron chi connectivity index (χ0n) is 35.2. The van der Waals surface area contributed by atoms with Crippen LogP contribution >= 0.6 is 0 Å². The fraction of sp³-hybridized carbons (Fsp3) is 0.378. The normalized spacial score (nSPS) is 16.1. The monoisotopic (exact) mass is 888 g/mol. The number of hydroxylamine groups is 2. The standard InChI is InChI=1S/C45H53N5O10S2/c1-45(2)36-33-35(46(3)34-17-7-4-8-18-34)24-25-37(36)47(29-15-31-61(54,55)56)40(45)21-9-5-10-22-41-48(28-14-6-11-23-44(53)60-50-42(51)26-27-43(50)52)38-19-12-13-20-39(38)49(41)30-16-32-62(57,58)59/h4-5,7-10,12-13,17-22,24-25,33H,6,11,14-16,23,26-32H2,1-3H3,(H-,54,55,56,57,58,59)/p+1. The van der Waals surface area contributed by atoms with Gasteiger partial charge in [0.1, 0.15) is 0 Å². The molecule has 1 fully saturated rings. The van der Waals surface area contributed by atoms with Gasteiger partial charge in [-0.2, -0.15) is 16.8 Å². The summed E-state index contributed by atoms with van der Waals surface area (Å²) in [6.45, 7) is 5.49. The van der Waals surface area contributed by atoms with E-state index in [1.165, 1.54) is 0 Å². The van der Waals surface area contributed by atoms with E-state index in [0.717, 1.165) is 45.2 Å². The molecule has 6 rings (SSSR count). The molecule has 0 spiro atoms. The highest BCUT2D eigenvalue weighted by atomic mass is 32.2. The number of imidazole rings is 1. The third-order valence-electron chi connectivity index (χ3n) is 11.2. The van der Waals surface area contributed by atoms with Crippen molar-refractivity contribution < 1.29 is 49.7 Å². The first kappa shape index (κ1) is 45.9. The van der Waals surface area contributed by atoms with Gasteiger partial charge in [0.15, 0.2) is 11.0 Å². The van der Waals surface area contributed by atoms with Crippen LogP contribution in [0.3, 0.4) is 0 Å². The van der Waals surface area contributed by atoms with E-state index >= 15 is 0 Å². The molecular formula is C45H54N5O10S2+. The number of aryl methyl sites for hydroxylation is 2. The molecule has 0 unspecified atom stereocenters. The summed E-state index contributed by atoms with van der Waals surface area (Å²) in [5.41, 5.74) is 6.32. The minimum absolute atomic E-state index is 0.0272. The number of imide groups is 1. The van der Waals surface area contributed by atoms with Gasteiger partial charge in [-0.05, 0) is 79.8 Å². The molecule has 4 aromatic rings. The zero-order chi connectivity index (χ0) is 44.7. The van der Waals surface area contributed by atoms with Crippen molar-refractivity contribution in [3.63, 3.8) is 0 Å². The van der Waals surface area contributed by atoms with Crippen molar-refractivity contribution in [1.29, 1.82) is 0 Å². The maximum atomic E-state index is 12.4. The summed E-state index contributed by atoms with van der Waals surface area (Å²) in [6, 6.07) is 24.0. The van der Waals surface area contributed by atoms with Crippen molar-refractivity contribution in [2.24, 2.45) is 0 Å². The number of rotatable bonds is 20. The second-order valence-corrected chi connectivity index (χ2v) is 19.1. The number of nitrogens with zero attached hydrogens (tertiary/aromatic N) is 5. The number of hydrogen-bond donors (Lipinski definition) is 2. The molecule has 0 aliphatic carbocycles. The number of fused-ring (bicyclic) bond motifs is 2. The summed E-state index contributed by atoms with van der Waals surface area (Å²) < 4.78 is 69.8. The minimum Gasteiger partial charge on any atom is -0.345 e. The number of hydrogen-bond acceptors (Lipinski definition) is 10. The Hall–Kier alpha value is -5.62. The van der Waals surface area contributed by atoms with E-state index in [2.05, 4.69) is 34.3 Å². The number of aromatic nitrogens is 2. The van der Waals surface area contributed by atoms with Crippen LogP contribution in [0, 0.1) is 0 Å². The molecule has 2 aliphatic heterocycles. The first-order valence-electron chi connectivity index (χ1n) is 20.7. The van der Waals surface area contributed by atoms with Crippen molar-refractivity contribution in [3.8, 4) is 0 Å². The van der Waals surface area contributed by atoms with Gasteiger partial charge in [0.05, 0.1) is 24.6 Å². The van der Waals surface area contributed by atoms with E-state index in [1.54, 1.807) is 0 Å². The number of carbonyl (C=O) groups is 3. The van der Waals surface area contributed by atoms with Gasteiger partial charge < -0.3 is 14.6 Å². The number of benzene rings is 3. The molecule has 0 saturated carbocycles. The Morgan fingerprint density at radius 2 is 1.48 bits per heavy atom. The molecule has 2 amide bonds. The van der Waals surface area contributed by atoms with Crippen LogP contribution in [0.5, 0.6) is 0 Å². The lowest BCUT2D eigenvalue weighted by atomic mass is 9.83. The minimum atomic E-state index is -4.18. The summed E-state index contributed by atoms with van der Waals surface area (Å²) in [5, 5.41) is 0.553. The zero-order valence-corrected chi connectivity index (χ0v) is 36.9. The molecule has 3 aromatic carbocycles. The van der Waals surface area contributed by atoms with Gasteiger partial charge in [-0.1, -0.05) is 62.4 Å². The number of allylic oxidation sites excluding steroid dienone is 5. The number of amides is 2. The highest BCUT2D eigenvalue weighted by Gasteiger charge is 2.40. The first-order chi connectivity index (χ1) is 29.4. The van der Waals surface area contributed by atoms with Crippen molar-refractivity contribution in [2.45, 2.75) is 83.7 Å². The van der Waals surface area contributed by atoms with Crippen LogP contribution in [0.25, 0.3) is 17.1 Å². The van der Waals surface area contributed by atoms with Gasteiger partial charge in [-0.3, -0.25) is 18.7 Å². The Morgan fingerprint density at radius 1 is 0.806 bits per heavy atom. The Kier molecular flexibility index (Phi) is 14.5. The third kappa shape index (κ3) is 11.2. The van der Waals surface area contributed by atoms with Crippen molar-refractivity contribution >= 4 is 72.2 Å². The van der Waals surface area contributed by atoms with Crippen LogP contribution in [0.15, 0.2) is 103 Å². The third-order valence-corrected chi connectivity index (χ3v) is 12.8. The van der Waals surface area contributed by atoms with Crippen LogP contribution in [-0.2, 0) is 58.0 Å². The van der Waals surface area contributed by atoms with Gasteiger partial charge in [-0.25, -0.2) is 13.9 Å². The Balaban J connectivity index is 1.24. The maximum absolute atomic E-state index is 12.4. The lowest BCUT2D eigenvalue weighted by Gasteiger charge is -2.27. The van der Waals surface area contributed by atoms with Crippen molar-refractivity contribution in [1.82, 2.24) is 9.63 Å². The SMILES string of the molecule is CN(c1ccccc1)c1ccc2c(c1)C(C)(C)\C(=C/C=C/C=C/c1n(CCCCCC(=O)ON3C(=O)CCC3=O)c3ccccc3[n+]1CCCS(=O)(=O)O)N2CCCS(=O)(=O)O. The molecule has 15 nitrogen and oxygen atoms in total. The Bertz CT molecular complexity index is 2600. The smallest absolute Gasteiger partial charge is 0.333 e. The molecule has 0 radical (unpaired) electrons. The predicted octanol–water partition coefficient (Wildman–Crippen LogP) is 6.67. The van der Waals surface area contributed by atoms with Gasteiger partial charge in [0.25, 0.3) is 37.9 Å². The van der Waals surface area contributed by atoms with Crippen LogP contribution < -0.4 is 14.4 Å². The summed E-state index contributed by atoms with van der Waals surface area (Å²) in [6.07, 6.45) is 11.9. The first-order valence-corrected chi connectivity index (χ1v) is 23.9. The van der Waals surface area contributed by atoms with E-state index in [1.807, 2.05) is 109 Å². The molecule has 1 saturated heterocycles. The Morgan fingerprint density at radius 3 is 2.19 bits per heavy atom. The molecule has 1 aromatic heterocycles. The van der Waals surface area contributed by atoms with E-state index < -0.39 is 49.2 Å². The lowest BCUT2D eigenvalue weighted by Crippen LogP contribution is -2.37. The topological polar surface area (TPSA) is 188 Å². The average molecular weight is 889 g/mol. The summed E-state index contributed by atoms with van der Waals surface area (Å²) in [5.74, 6) is -1.67. The van der Waals surface area contributed by atoms with Crippen LogP contribution in [0.4, 0.5) is 17.1 Å². The summed E-state index contributed by atoms with van der Waals surface area (Å²) in [7, 11) is -6.32. The molecular weight excluding hydrogens is 835 g/mol. The van der Waals surface area contributed by atoms with Crippen LogP contribution in [0.2, 0.25) is 0 Å². The van der Waals surface area contributed by atoms with Crippen molar-refractivity contribution in [3.05, 3.63) is 114 Å². The van der Waals surface area contributed by atoms with Gasteiger partial charge in [0.2, 0.25) is 0 Å². The van der Waals surface area contributed by atoms with E-state index in [0.29, 0.717) is 44.0 Å². The summed E-state index contributed by atoms with van der Waals surface area (Å²) in [4.78, 5) is 45.3. The van der Waals surface area contributed by atoms with Crippen LogP contribution in [-0.4, -0.2) is 78.5 Å². The molecule has 3 heterocycles. The number of para-hydroxylation sites is 3. The average Bonchev–Trinajstić information content (AvgIpc) is 3.77. The largest absolute Gasteiger partial charge is 0.345 e. The molecule has 17 heteroatoms. The van der Waals surface area contributed by atoms with Crippen LogP contribution in [0.1, 0.15) is 76.6 Å². The second kappa shape index (κ2) is 19.6. The van der Waals surface area contributed by atoms with Gasteiger partial charge >= 0.3 is 5.97 Å². The summed E-state index contributed by atoms with van der Waals surface area (Å²) >= 11 is 0. The highest BCUT2D eigenvalue weighted by molar-refractivity contribution is 7.86. The van der Waals surface area contributed by atoms with E-state index in [9.17, 15) is 40.3 Å². The molecule has 62 heavy (non-hydrogen) atoms. The van der Waals surface area contributed by atoms with E-state index in [-0.39, 0.29) is 37.9 Å². The highest BCUT2D eigenvalue weighted by Crippen LogP contribution is 2.49. The Labute approximate surface area is 363 Å². The van der Waals surface area contributed by atoms with Gasteiger partial charge in [-0.15, -0.1) is 5.06 Å². The molecule has 2 N–H and O–H groups in total. The molecule has 0 bridgehead atoms. The number of anilines is 3. The fourth-order valence-corrected chi connectivity index (χ4v) is 9.05. The second-order valence-electron chi connectivity index (χ2n) is 16.0. The number of unbranched alkanes of at least 4 members (excludes halogenated alkanes) is 2. The van der Waals surface area contributed by atoms with E-state index in [4.69, 9.17) is 4.84 Å². The predicted molar refractivity (Wildman–Crippen MR) is 237 cm³/mol. The lowest BCUT2D eigenvalue weighted by molar-refractivity contribution is -0.673. The number of carbonyl (C=O) groups excluding carboxylic acids is 3. The fourth-order valence-electron chi connectivity index (χ4n) is 8.06. The maximum Gasteiger partial charge on any atom is 0.333 e. The quantitative estimate of drug-likeness (QED) is 0.0316. The van der Waals surface area contributed by atoms with Crippen molar-refractivity contribution in [2.75, 3.05) is 34.9 Å².